The third kappa shape index (κ3) is 3.83. The summed E-state index contributed by atoms with van der Waals surface area (Å²) in [5.41, 5.74) is 1.77. The summed E-state index contributed by atoms with van der Waals surface area (Å²) in [5, 5.41) is 0. The van der Waals surface area contributed by atoms with E-state index < -0.39 is 21.8 Å². The maximum Gasteiger partial charge on any atom is 0.323 e. The summed E-state index contributed by atoms with van der Waals surface area (Å²) in [5.74, 6) is 3.93. The van der Waals surface area contributed by atoms with Gasteiger partial charge < -0.3 is 14.4 Å². The minimum absolute atomic E-state index is 0.0598. The van der Waals surface area contributed by atoms with E-state index in [1.54, 1.807) is 5.43 Å². The number of carbonyl (C=O) groups excluding carboxylic acids is 2. The molecular formula is C14H20N4O6S. The Balaban J connectivity index is 2.14. The molecular weight excluding hydrogens is 352 g/mol. The molecule has 0 atom stereocenters. The Kier molecular flexibility index (Phi) is 5.82. The third-order valence-electron chi connectivity index (χ3n) is 3.84. The summed E-state index contributed by atoms with van der Waals surface area (Å²) in [6.07, 6.45) is 0. The molecule has 11 heteroatoms. The first kappa shape index (κ1) is 19.0. The second-order valence-corrected chi connectivity index (χ2v) is 7.12. The van der Waals surface area contributed by atoms with Gasteiger partial charge in [0.1, 0.15) is 0 Å². The highest BCUT2D eigenvalue weighted by atomic mass is 32.2. The van der Waals surface area contributed by atoms with E-state index in [-0.39, 0.29) is 31.1 Å². The molecule has 10 nitrogen and oxygen atoms in total. The lowest BCUT2D eigenvalue weighted by molar-refractivity contribution is -0.146. The van der Waals surface area contributed by atoms with Crippen LogP contribution >= 0.6 is 0 Å². The Morgan fingerprint density at radius 1 is 1.08 bits per heavy atom. The predicted molar refractivity (Wildman–Crippen MR) is 87.2 cm³/mol. The molecule has 0 unspecified atom stereocenters. The Morgan fingerprint density at radius 2 is 1.68 bits per heavy atom. The van der Waals surface area contributed by atoms with E-state index in [2.05, 4.69) is 0 Å². The molecule has 25 heavy (non-hydrogen) atoms. The number of piperazine rings is 1. The number of sulfonamides is 1. The van der Waals surface area contributed by atoms with Crippen LogP contribution in [0.25, 0.3) is 0 Å². The lowest BCUT2D eigenvalue weighted by atomic mass is 10.3. The van der Waals surface area contributed by atoms with Gasteiger partial charge in [0.15, 0.2) is 11.5 Å². The third-order valence-corrected chi connectivity index (χ3v) is 5.74. The highest BCUT2D eigenvalue weighted by Crippen LogP contribution is 2.30. The maximum atomic E-state index is 12.7. The predicted octanol–water partition coefficient (Wildman–Crippen LogP) is -1.47. The molecule has 2 amide bonds. The average Bonchev–Trinajstić information content (AvgIpc) is 2.66. The molecule has 0 bridgehead atoms. The topological polar surface area (TPSA) is 131 Å². The van der Waals surface area contributed by atoms with Crippen molar-refractivity contribution in [1.29, 1.82) is 0 Å². The van der Waals surface area contributed by atoms with Crippen LogP contribution in [0, 0.1) is 0 Å². The number of hydrogen-bond donors (Lipinski definition) is 2. The molecule has 0 radical (unpaired) electrons. The number of hydrogen-bond acceptors (Lipinski definition) is 7. The van der Waals surface area contributed by atoms with Gasteiger partial charge in [-0.05, 0) is 12.1 Å². The van der Waals surface area contributed by atoms with Gasteiger partial charge in [-0.1, -0.05) is 0 Å². The molecule has 0 aromatic heterocycles. The lowest BCUT2D eigenvalue weighted by Crippen LogP contribution is -2.54. The first-order valence-electron chi connectivity index (χ1n) is 7.37. The van der Waals surface area contributed by atoms with Gasteiger partial charge in [0.25, 0.3) is 0 Å². The van der Waals surface area contributed by atoms with Crippen LogP contribution in [0.2, 0.25) is 0 Å². The van der Waals surface area contributed by atoms with E-state index in [4.69, 9.17) is 15.3 Å². The van der Waals surface area contributed by atoms with Gasteiger partial charge in [0.2, 0.25) is 10.0 Å². The summed E-state index contributed by atoms with van der Waals surface area (Å²) in [7, 11) is -0.884. The highest BCUT2D eigenvalue weighted by molar-refractivity contribution is 7.89. The Bertz CT molecular complexity index is 759. The molecule has 138 valence electrons. The van der Waals surface area contributed by atoms with Gasteiger partial charge >= 0.3 is 11.8 Å². The quantitative estimate of drug-likeness (QED) is 0.285. The molecule has 0 aliphatic carbocycles. The van der Waals surface area contributed by atoms with E-state index in [0.717, 1.165) is 0 Å². The molecule has 1 aliphatic rings. The van der Waals surface area contributed by atoms with E-state index in [9.17, 15) is 18.0 Å². The van der Waals surface area contributed by atoms with Gasteiger partial charge in [-0.25, -0.2) is 14.3 Å². The van der Waals surface area contributed by atoms with Crippen molar-refractivity contribution in [2.45, 2.75) is 4.90 Å². The number of nitrogens with zero attached hydrogens (tertiary/aromatic N) is 2. The number of rotatable bonds is 4. The monoisotopic (exact) mass is 372 g/mol. The zero-order valence-corrected chi connectivity index (χ0v) is 14.7. The second kappa shape index (κ2) is 7.68. The molecule has 1 aromatic carbocycles. The molecule has 3 N–H and O–H groups in total. The fourth-order valence-corrected chi connectivity index (χ4v) is 3.90. The fraction of sp³-hybridized carbons (Fsp3) is 0.429. The smallest absolute Gasteiger partial charge is 0.323 e. The van der Waals surface area contributed by atoms with Crippen molar-refractivity contribution in [3.05, 3.63) is 18.2 Å². The van der Waals surface area contributed by atoms with Crippen LogP contribution in [0.3, 0.4) is 0 Å². The summed E-state index contributed by atoms with van der Waals surface area (Å²) in [6, 6.07) is 4.32. The number of hydrazine groups is 1. The summed E-state index contributed by atoms with van der Waals surface area (Å²) in [6.45, 7) is 0.331. The number of amides is 2. The van der Waals surface area contributed by atoms with E-state index >= 15 is 0 Å². The average molecular weight is 372 g/mol. The number of nitrogens with two attached hydrogens (primary N) is 1. The SMILES string of the molecule is COc1ccc(S(=O)(=O)N2CCN(C(=O)C(=O)NN)CC2)cc1OC. The van der Waals surface area contributed by atoms with Crippen LogP contribution in [-0.4, -0.2) is 69.8 Å². The first-order chi connectivity index (χ1) is 11.8. The molecule has 1 saturated heterocycles. The van der Waals surface area contributed by atoms with Gasteiger partial charge in [0.05, 0.1) is 19.1 Å². The minimum atomic E-state index is -3.76. The number of ether oxygens (including phenoxy) is 2. The second-order valence-electron chi connectivity index (χ2n) is 5.19. The van der Waals surface area contributed by atoms with Crippen LogP contribution in [0.1, 0.15) is 0 Å². The van der Waals surface area contributed by atoms with Crippen molar-refractivity contribution in [3.8, 4) is 11.5 Å². The van der Waals surface area contributed by atoms with Crippen molar-refractivity contribution in [2.75, 3.05) is 40.4 Å². The van der Waals surface area contributed by atoms with Crippen LogP contribution in [-0.2, 0) is 19.6 Å². The summed E-state index contributed by atoms with van der Waals surface area (Å²) in [4.78, 5) is 24.3. The molecule has 1 aliphatic heterocycles. The van der Waals surface area contributed by atoms with Crippen LogP contribution in [0.4, 0.5) is 0 Å². The standard InChI is InChI=1S/C14H20N4O6S/c1-23-11-4-3-10(9-12(11)24-2)25(21,22)18-7-5-17(6-8-18)14(20)13(19)16-15/h3-4,9H,5-8,15H2,1-2H3,(H,16,19). The van der Waals surface area contributed by atoms with Crippen LogP contribution in [0.5, 0.6) is 11.5 Å². The Labute approximate surface area is 145 Å². The van der Waals surface area contributed by atoms with Gasteiger partial charge in [-0.2, -0.15) is 4.31 Å². The number of nitrogens with one attached hydrogen (secondary N) is 1. The molecule has 1 fully saturated rings. The number of benzene rings is 1. The van der Waals surface area contributed by atoms with Crippen molar-refractivity contribution in [3.63, 3.8) is 0 Å². The van der Waals surface area contributed by atoms with E-state index in [1.165, 1.54) is 41.6 Å². The van der Waals surface area contributed by atoms with Crippen molar-refractivity contribution < 1.29 is 27.5 Å². The Morgan fingerprint density at radius 3 is 2.20 bits per heavy atom. The van der Waals surface area contributed by atoms with E-state index in [1.807, 2.05) is 0 Å². The van der Waals surface area contributed by atoms with Crippen molar-refractivity contribution >= 4 is 21.8 Å². The lowest BCUT2D eigenvalue weighted by Gasteiger charge is -2.33. The van der Waals surface area contributed by atoms with Gasteiger partial charge in [0, 0.05) is 32.2 Å². The normalized spacial score (nSPS) is 15.6. The number of methoxy groups -OCH3 is 2. The van der Waals surface area contributed by atoms with E-state index in [0.29, 0.717) is 11.5 Å². The largest absolute Gasteiger partial charge is 0.493 e. The van der Waals surface area contributed by atoms with Gasteiger partial charge in [-0.15, -0.1) is 0 Å². The van der Waals surface area contributed by atoms with Crippen molar-refractivity contribution in [2.24, 2.45) is 5.84 Å². The first-order valence-corrected chi connectivity index (χ1v) is 8.81. The highest BCUT2D eigenvalue weighted by Gasteiger charge is 2.32. The van der Waals surface area contributed by atoms with Crippen molar-refractivity contribution in [1.82, 2.24) is 14.6 Å². The summed E-state index contributed by atoms with van der Waals surface area (Å²) < 4.78 is 37.0. The zero-order valence-electron chi connectivity index (χ0n) is 13.9. The molecule has 0 spiro atoms. The molecule has 0 saturated carbocycles. The Hall–Kier alpha value is -2.37. The molecule has 2 rings (SSSR count). The summed E-state index contributed by atoms with van der Waals surface area (Å²) >= 11 is 0. The minimum Gasteiger partial charge on any atom is -0.493 e. The molecule has 1 heterocycles. The van der Waals surface area contributed by atoms with Gasteiger partial charge in [-0.3, -0.25) is 15.0 Å². The van der Waals surface area contributed by atoms with Crippen LogP contribution < -0.4 is 20.7 Å². The van der Waals surface area contributed by atoms with Crippen LogP contribution in [0.15, 0.2) is 23.1 Å². The fourth-order valence-electron chi connectivity index (χ4n) is 2.46. The zero-order chi connectivity index (χ0) is 18.6. The molecule has 1 aromatic rings. The maximum absolute atomic E-state index is 12.7. The number of carbonyl (C=O) groups is 2.